The summed E-state index contributed by atoms with van der Waals surface area (Å²) < 4.78 is 5.17. The summed E-state index contributed by atoms with van der Waals surface area (Å²) in [5.41, 5.74) is 0. The Bertz CT molecular complexity index is 186. The molecule has 0 bridgehead atoms. The van der Waals surface area contributed by atoms with Crippen molar-refractivity contribution < 1.29 is 9.53 Å². The van der Waals surface area contributed by atoms with Crippen LogP contribution in [0.1, 0.15) is 6.42 Å². The molecule has 1 amide bonds. The molecule has 1 saturated heterocycles. The van der Waals surface area contributed by atoms with E-state index in [1.165, 1.54) is 0 Å². The van der Waals surface area contributed by atoms with E-state index in [4.69, 9.17) is 16.3 Å². The van der Waals surface area contributed by atoms with Gasteiger partial charge >= 0.3 is 0 Å². The maximum atomic E-state index is 11.7. The Morgan fingerprint density at radius 1 is 1.57 bits per heavy atom. The van der Waals surface area contributed by atoms with E-state index in [1.54, 1.807) is 16.7 Å². The van der Waals surface area contributed by atoms with Crippen molar-refractivity contribution in [1.82, 2.24) is 4.90 Å². The summed E-state index contributed by atoms with van der Waals surface area (Å²) >= 11 is 7.71. The minimum atomic E-state index is -0.361. The topological polar surface area (TPSA) is 29.5 Å². The monoisotopic (exact) mass is 237 g/mol. The molecule has 1 aliphatic rings. The molecule has 0 spiro atoms. The van der Waals surface area contributed by atoms with Crippen LogP contribution >= 0.6 is 23.4 Å². The van der Waals surface area contributed by atoms with Crippen molar-refractivity contribution in [2.24, 2.45) is 0 Å². The van der Waals surface area contributed by atoms with E-state index in [1.807, 2.05) is 6.26 Å². The standard InChI is InChI=1S/C9H16ClNO2S/c1-14-7-2-8(10)9(12)11-3-5-13-6-4-11/h8H,2-7H2,1H3. The molecule has 14 heavy (non-hydrogen) atoms. The van der Waals surface area contributed by atoms with Gasteiger partial charge in [-0.1, -0.05) is 0 Å². The smallest absolute Gasteiger partial charge is 0.240 e. The number of ether oxygens (including phenoxy) is 1. The third-order valence-electron chi connectivity index (χ3n) is 2.17. The molecule has 0 aromatic carbocycles. The zero-order valence-electron chi connectivity index (χ0n) is 8.37. The van der Waals surface area contributed by atoms with Crippen LogP contribution in [0.5, 0.6) is 0 Å². The SMILES string of the molecule is CSCCC(Cl)C(=O)N1CCOCC1. The summed E-state index contributed by atoms with van der Waals surface area (Å²) in [4.78, 5) is 13.5. The molecule has 0 N–H and O–H groups in total. The number of rotatable bonds is 4. The zero-order valence-corrected chi connectivity index (χ0v) is 9.94. The average molecular weight is 238 g/mol. The predicted octanol–water partition coefficient (Wildman–Crippen LogP) is 1.21. The second-order valence-electron chi connectivity index (χ2n) is 3.19. The number of carbonyl (C=O) groups excluding carboxylic acids is 1. The number of nitrogens with zero attached hydrogens (tertiary/aromatic N) is 1. The normalized spacial score (nSPS) is 19.4. The third kappa shape index (κ3) is 3.67. The number of carbonyl (C=O) groups is 1. The van der Waals surface area contributed by atoms with Crippen LogP contribution in [0.2, 0.25) is 0 Å². The van der Waals surface area contributed by atoms with Crippen LogP contribution in [0.15, 0.2) is 0 Å². The highest BCUT2D eigenvalue weighted by Crippen LogP contribution is 2.11. The highest BCUT2D eigenvalue weighted by atomic mass is 35.5. The first-order valence-corrected chi connectivity index (χ1v) is 6.58. The molecule has 1 unspecified atom stereocenters. The quantitative estimate of drug-likeness (QED) is 0.689. The molecule has 5 heteroatoms. The number of hydrogen-bond acceptors (Lipinski definition) is 3. The molecule has 0 saturated carbocycles. The van der Waals surface area contributed by atoms with E-state index in [0.717, 1.165) is 12.2 Å². The van der Waals surface area contributed by atoms with E-state index >= 15 is 0 Å². The Hall–Kier alpha value is 0.0700. The van der Waals surface area contributed by atoms with E-state index < -0.39 is 0 Å². The lowest BCUT2D eigenvalue weighted by atomic mass is 10.2. The van der Waals surface area contributed by atoms with E-state index in [-0.39, 0.29) is 11.3 Å². The highest BCUT2D eigenvalue weighted by molar-refractivity contribution is 7.98. The Labute approximate surface area is 94.1 Å². The lowest BCUT2D eigenvalue weighted by Gasteiger charge is -2.28. The van der Waals surface area contributed by atoms with Crippen LogP contribution in [0.25, 0.3) is 0 Å². The molecule has 0 aliphatic carbocycles. The number of alkyl halides is 1. The molecule has 1 atom stereocenters. The molecular formula is C9H16ClNO2S. The Balaban J connectivity index is 2.30. The Morgan fingerprint density at radius 2 is 2.21 bits per heavy atom. The van der Waals surface area contributed by atoms with Crippen LogP contribution < -0.4 is 0 Å². The maximum Gasteiger partial charge on any atom is 0.240 e. The third-order valence-corrected chi connectivity index (χ3v) is 3.21. The lowest BCUT2D eigenvalue weighted by molar-refractivity contribution is -0.134. The van der Waals surface area contributed by atoms with Gasteiger partial charge in [0.2, 0.25) is 5.91 Å². The van der Waals surface area contributed by atoms with Gasteiger partial charge in [-0.05, 0) is 18.4 Å². The number of morpholine rings is 1. The predicted molar refractivity (Wildman–Crippen MR) is 60.0 cm³/mol. The molecular weight excluding hydrogens is 222 g/mol. The molecule has 0 aromatic rings. The molecule has 3 nitrogen and oxygen atoms in total. The van der Waals surface area contributed by atoms with Crippen molar-refractivity contribution in [3.05, 3.63) is 0 Å². The number of halogens is 1. The molecule has 0 aromatic heterocycles. The van der Waals surface area contributed by atoms with Crippen LogP contribution in [0, 0.1) is 0 Å². The van der Waals surface area contributed by atoms with Crippen molar-refractivity contribution >= 4 is 29.3 Å². The van der Waals surface area contributed by atoms with Gasteiger partial charge in [-0.15, -0.1) is 11.6 Å². The van der Waals surface area contributed by atoms with Gasteiger partial charge in [0, 0.05) is 13.1 Å². The summed E-state index contributed by atoms with van der Waals surface area (Å²) in [7, 11) is 0. The second kappa shape index (κ2) is 6.53. The highest BCUT2D eigenvalue weighted by Gasteiger charge is 2.23. The molecule has 0 radical (unpaired) electrons. The average Bonchev–Trinajstić information content (AvgIpc) is 2.26. The zero-order chi connectivity index (χ0) is 10.4. The Kier molecular flexibility index (Phi) is 5.67. The summed E-state index contributed by atoms with van der Waals surface area (Å²) in [6.07, 6.45) is 2.77. The van der Waals surface area contributed by atoms with E-state index in [2.05, 4.69) is 0 Å². The number of thioether (sulfide) groups is 1. The van der Waals surface area contributed by atoms with Crippen molar-refractivity contribution in [1.29, 1.82) is 0 Å². The largest absolute Gasteiger partial charge is 0.378 e. The minimum absolute atomic E-state index is 0.0593. The summed E-state index contributed by atoms with van der Waals surface area (Å²) in [6, 6.07) is 0. The lowest BCUT2D eigenvalue weighted by Crippen LogP contribution is -2.44. The first-order valence-electron chi connectivity index (χ1n) is 4.75. The van der Waals surface area contributed by atoms with E-state index in [9.17, 15) is 4.79 Å². The van der Waals surface area contributed by atoms with Gasteiger partial charge < -0.3 is 9.64 Å². The van der Waals surface area contributed by atoms with Gasteiger partial charge in [-0.25, -0.2) is 0 Å². The minimum Gasteiger partial charge on any atom is -0.378 e. The van der Waals surface area contributed by atoms with Gasteiger partial charge in [0.25, 0.3) is 0 Å². The molecule has 1 rings (SSSR count). The van der Waals surface area contributed by atoms with Gasteiger partial charge in [0.15, 0.2) is 0 Å². The fourth-order valence-electron chi connectivity index (χ4n) is 1.33. The summed E-state index contributed by atoms with van der Waals surface area (Å²) in [5.74, 6) is 0.994. The van der Waals surface area contributed by atoms with E-state index in [0.29, 0.717) is 26.3 Å². The fourth-order valence-corrected chi connectivity index (χ4v) is 2.17. The van der Waals surface area contributed by atoms with Crippen LogP contribution in [0.3, 0.4) is 0 Å². The summed E-state index contributed by atoms with van der Waals surface area (Å²) in [6.45, 7) is 2.64. The first-order chi connectivity index (χ1) is 6.75. The van der Waals surface area contributed by atoms with Crippen LogP contribution in [0.4, 0.5) is 0 Å². The number of amides is 1. The molecule has 1 heterocycles. The van der Waals surface area contributed by atoms with Gasteiger partial charge in [0.1, 0.15) is 5.38 Å². The van der Waals surface area contributed by atoms with Gasteiger partial charge in [-0.2, -0.15) is 11.8 Å². The van der Waals surface area contributed by atoms with Crippen molar-refractivity contribution in [3.8, 4) is 0 Å². The van der Waals surface area contributed by atoms with Crippen molar-refractivity contribution in [3.63, 3.8) is 0 Å². The van der Waals surface area contributed by atoms with Crippen molar-refractivity contribution in [2.75, 3.05) is 38.3 Å². The molecule has 1 fully saturated rings. The first kappa shape index (κ1) is 12.1. The second-order valence-corrected chi connectivity index (χ2v) is 4.70. The molecule has 82 valence electrons. The maximum absolute atomic E-state index is 11.7. The number of hydrogen-bond donors (Lipinski definition) is 0. The van der Waals surface area contributed by atoms with Gasteiger partial charge in [-0.3, -0.25) is 4.79 Å². The van der Waals surface area contributed by atoms with Gasteiger partial charge in [0.05, 0.1) is 13.2 Å². The van der Waals surface area contributed by atoms with Crippen molar-refractivity contribution in [2.45, 2.75) is 11.8 Å². The van der Waals surface area contributed by atoms with Crippen LogP contribution in [-0.4, -0.2) is 54.5 Å². The summed E-state index contributed by atoms with van der Waals surface area (Å²) in [5, 5.41) is -0.361. The molecule has 1 aliphatic heterocycles. The van der Waals surface area contributed by atoms with Crippen LogP contribution in [-0.2, 0) is 9.53 Å². The fraction of sp³-hybridized carbons (Fsp3) is 0.889. The Morgan fingerprint density at radius 3 is 2.79 bits per heavy atom.